The third-order valence-corrected chi connectivity index (χ3v) is 4.12. The van der Waals surface area contributed by atoms with E-state index in [9.17, 15) is 14.7 Å². The number of ether oxygens (including phenoxy) is 3. The van der Waals surface area contributed by atoms with Crippen molar-refractivity contribution in [2.45, 2.75) is 6.54 Å². The van der Waals surface area contributed by atoms with Crippen molar-refractivity contribution in [1.29, 1.82) is 0 Å². The number of hydrogen-bond acceptors (Lipinski definition) is 7. The molecule has 0 atom stereocenters. The lowest BCUT2D eigenvalue weighted by Gasteiger charge is -2.04. The van der Waals surface area contributed by atoms with Gasteiger partial charge in [-0.15, -0.1) is 10.2 Å². The number of nitrogens with zero attached hydrogens (tertiary/aromatic N) is 3. The second-order valence-corrected chi connectivity index (χ2v) is 5.91. The summed E-state index contributed by atoms with van der Waals surface area (Å²) in [6, 6.07) is 13.7. The van der Waals surface area contributed by atoms with Crippen molar-refractivity contribution in [2.24, 2.45) is 10.2 Å². The third-order valence-electron chi connectivity index (χ3n) is 4.12. The maximum atomic E-state index is 12.0. The first-order valence-electron chi connectivity index (χ1n) is 8.62. The van der Waals surface area contributed by atoms with Crippen molar-refractivity contribution >= 4 is 28.5 Å². The molecular formula is C20H19N3O6. The molecule has 0 radical (unpaired) electrons. The Hall–Kier alpha value is -3.88. The largest absolute Gasteiger partial charge is 0.497 e. The van der Waals surface area contributed by atoms with E-state index in [-0.39, 0.29) is 24.7 Å². The number of esters is 1. The second-order valence-electron chi connectivity index (χ2n) is 5.91. The van der Waals surface area contributed by atoms with Crippen LogP contribution in [0.25, 0.3) is 10.9 Å². The van der Waals surface area contributed by atoms with Gasteiger partial charge in [-0.3, -0.25) is 14.2 Å². The SMILES string of the molecule is COC(=O)Cn1c(O)c(N=NC(=O)COc2ccc(OC)cc2)c2ccccc21. The molecule has 1 heterocycles. The van der Waals surface area contributed by atoms with E-state index in [4.69, 9.17) is 9.47 Å². The fraction of sp³-hybridized carbons (Fsp3) is 0.200. The molecule has 29 heavy (non-hydrogen) atoms. The van der Waals surface area contributed by atoms with Gasteiger partial charge in [0, 0.05) is 5.39 Å². The van der Waals surface area contributed by atoms with E-state index in [0.717, 1.165) is 0 Å². The predicted molar refractivity (Wildman–Crippen MR) is 104 cm³/mol. The lowest BCUT2D eigenvalue weighted by molar-refractivity contribution is -0.141. The summed E-state index contributed by atoms with van der Waals surface area (Å²) in [5.74, 6) is -0.309. The summed E-state index contributed by atoms with van der Waals surface area (Å²) in [5.41, 5.74) is 0.647. The minimum atomic E-state index is -0.634. The van der Waals surface area contributed by atoms with Crippen LogP contribution in [0.4, 0.5) is 5.69 Å². The molecule has 0 spiro atoms. The van der Waals surface area contributed by atoms with Crippen molar-refractivity contribution < 1.29 is 28.9 Å². The lowest BCUT2D eigenvalue weighted by atomic mass is 10.2. The van der Waals surface area contributed by atoms with Crippen LogP contribution in [0.2, 0.25) is 0 Å². The number of rotatable bonds is 7. The zero-order chi connectivity index (χ0) is 20.8. The highest BCUT2D eigenvalue weighted by atomic mass is 16.5. The molecule has 9 nitrogen and oxygen atoms in total. The first-order chi connectivity index (χ1) is 14.0. The van der Waals surface area contributed by atoms with Crippen molar-refractivity contribution in [2.75, 3.05) is 20.8 Å². The van der Waals surface area contributed by atoms with E-state index in [2.05, 4.69) is 15.0 Å². The van der Waals surface area contributed by atoms with Crippen LogP contribution < -0.4 is 9.47 Å². The van der Waals surface area contributed by atoms with Crippen molar-refractivity contribution in [3.8, 4) is 17.4 Å². The first kappa shape index (κ1) is 19.9. The monoisotopic (exact) mass is 397 g/mol. The predicted octanol–water partition coefficient (Wildman–Crippen LogP) is 3.22. The van der Waals surface area contributed by atoms with Gasteiger partial charge in [0.05, 0.1) is 19.7 Å². The van der Waals surface area contributed by atoms with E-state index in [1.54, 1.807) is 55.6 Å². The van der Waals surface area contributed by atoms with Gasteiger partial charge in [0.1, 0.15) is 18.0 Å². The summed E-state index contributed by atoms with van der Waals surface area (Å²) in [4.78, 5) is 23.6. The van der Waals surface area contributed by atoms with Crippen molar-refractivity contribution in [3.05, 3.63) is 48.5 Å². The average molecular weight is 397 g/mol. The first-order valence-corrected chi connectivity index (χ1v) is 8.62. The standard InChI is InChI=1S/C20H19N3O6/c1-27-13-7-9-14(10-8-13)29-12-17(24)21-22-19-15-5-3-4-6-16(15)23(20(19)26)11-18(25)28-2/h3-10,26H,11-12H2,1-2H3. The second kappa shape index (κ2) is 8.87. The Kier molecular flexibility index (Phi) is 6.08. The Balaban J connectivity index is 1.76. The van der Waals surface area contributed by atoms with Gasteiger partial charge in [-0.05, 0) is 30.3 Å². The number of hydrogen-bond donors (Lipinski definition) is 1. The summed E-state index contributed by atoms with van der Waals surface area (Å²) in [7, 11) is 2.81. The van der Waals surface area contributed by atoms with Crippen LogP contribution in [0.3, 0.4) is 0 Å². The number of benzene rings is 2. The number of para-hydroxylation sites is 1. The zero-order valence-corrected chi connectivity index (χ0v) is 15.9. The number of aromatic hydroxyl groups is 1. The van der Waals surface area contributed by atoms with Crippen LogP contribution in [0.15, 0.2) is 58.8 Å². The van der Waals surface area contributed by atoms with Gasteiger partial charge in [-0.25, -0.2) is 0 Å². The molecule has 0 aliphatic heterocycles. The number of azo groups is 1. The average Bonchev–Trinajstić information content (AvgIpc) is 3.02. The number of fused-ring (bicyclic) bond motifs is 1. The highest BCUT2D eigenvalue weighted by Gasteiger charge is 2.18. The fourth-order valence-electron chi connectivity index (χ4n) is 2.68. The molecule has 1 aromatic heterocycles. The molecule has 0 unspecified atom stereocenters. The summed E-state index contributed by atoms with van der Waals surface area (Å²) < 4.78 is 16.4. The fourth-order valence-corrected chi connectivity index (χ4v) is 2.68. The molecule has 0 saturated carbocycles. The van der Waals surface area contributed by atoms with Gasteiger partial charge in [0.15, 0.2) is 12.3 Å². The molecule has 0 aliphatic rings. The van der Waals surface area contributed by atoms with E-state index in [1.807, 2.05) is 0 Å². The van der Waals surface area contributed by atoms with Crippen LogP contribution in [-0.4, -0.2) is 42.4 Å². The third kappa shape index (κ3) is 4.52. The minimum Gasteiger partial charge on any atom is -0.497 e. The molecule has 2 aromatic carbocycles. The number of methoxy groups -OCH3 is 2. The number of carbonyl (C=O) groups excluding carboxylic acids is 2. The highest BCUT2D eigenvalue weighted by Crippen LogP contribution is 2.38. The highest BCUT2D eigenvalue weighted by molar-refractivity contribution is 5.96. The van der Waals surface area contributed by atoms with E-state index in [0.29, 0.717) is 22.4 Å². The maximum Gasteiger partial charge on any atom is 0.325 e. The Morgan fingerprint density at radius 3 is 2.41 bits per heavy atom. The summed E-state index contributed by atoms with van der Waals surface area (Å²) in [6.45, 7) is -0.524. The Morgan fingerprint density at radius 1 is 1.03 bits per heavy atom. The minimum absolute atomic E-state index is 0.0855. The van der Waals surface area contributed by atoms with E-state index < -0.39 is 11.9 Å². The van der Waals surface area contributed by atoms with Crippen molar-refractivity contribution in [3.63, 3.8) is 0 Å². The van der Waals surface area contributed by atoms with E-state index in [1.165, 1.54) is 11.7 Å². The summed E-state index contributed by atoms with van der Waals surface area (Å²) in [6.07, 6.45) is 0. The lowest BCUT2D eigenvalue weighted by Crippen LogP contribution is -2.10. The van der Waals surface area contributed by atoms with Crippen LogP contribution in [0.1, 0.15) is 0 Å². The molecular weight excluding hydrogens is 378 g/mol. The molecule has 0 fully saturated rings. The molecule has 3 rings (SSSR count). The van der Waals surface area contributed by atoms with Crippen LogP contribution in [0.5, 0.6) is 17.4 Å². The van der Waals surface area contributed by atoms with Crippen molar-refractivity contribution in [1.82, 2.24) is 4.57 Å². The van der Waals surface area contributed by atoms with Crippen LogP contribution in [0, 0.1) is 0 Å². The molecule has 150 valence electrons. The van der Waals surface area contributed by atoms with E-state index >= 15 is 0 Å². The van der Waals surface area contributed by atoms with Gasteiger partial charge in [-0.1, -0.05) is 18.2 Å². The number of aromatic nitrogens is 1. The topological polar surface area (TPSA) is 112 Å². The van der Waals surface area contributed by atoms with Crippen LogP contribution >= 0.6 is 0 Å². The molecule has 9 heteroatoms. The van der Waals surface area contributed by atoms with Gasteiger partial charge < -0.3 is 19.3 Å². The van der Waals surface area contributed by atoms with Gasteiger partial charge in [0.2, 0.25) is 5.88 Å². The Labute approximate surface area is 166 Å². The molecule has 0 bridgehead atoms. The Morgan fingerprint density at radius 2 is 1.72 bits per heavy atom. The quantitative estimate of drug-likeness (QED) is 0.484. The molecule has 1 amide bonds. The summed E-state index contributed by atoms with van der Waals surface area (Å²) >= 11 is 0. The molecule has 0 saturated heterocycles. The normalized spacial score (nSPS) is 11.0. The van der Waals surface area contributed by atoms with Gasteiger partial charge in [0.25, 0.3) is 0 Å². The zero-order valence-electron chi connectivity index (χ0n) is 15.9. The van der Waals surface area contributed by atoms with Crippen LogP contribution in [-0.2, 0) is 20.9 Å². The smallest absolute Gasteiger partial charge is 0.325 e. The summed E-state index contributed by atoms with van der Waals surface area (Å²) in [5, 5.41) is 18.5. The van der Waals surface area contributed by atoms with Gasteiger partial charge >= 0.3 is 11.9 Å². The van der Waals surface area contributed by atoms with Gasteiger partial charge in [-0.2, -0.15) is 0 Å². The molecule has 3 aromatic rings. The molecule has 1 N–H and O–H groups in total. The number of amides is 1. The number of carbonyl (C=O) groups is 2. The molecule has 0 aliphatic carbocycles. The maximum absolute atomic E-state index is 12.0. The Bertz CT molecular complexity index is 1060.